The van der Waals surface area contributed by atoms with Gasteiger partial charge >= 0.3 is 5.97 Å². The molecular weight excluding hydrogens is 643 g/mol. The van der Waals surface area contributed by atoms with Crippen LogP contribution >= 0.6 is 11.3 Å². The number of nitrogens with zero attached hydrogens (tertiary/aromatic N) is 2. The summed E-state index contributed by atoms with van der Waals surface area (Å²) >= 11 is 0.984. The molecule has 0 radical (unpaired) electrons. The molecule has 0 fully saturated rings. The van der Waals surface area contributed by atoms with Crippen LogP contribution in [0.4, 0.5) is 5.69 Å². The third-order valence-corrected chi connectivity index (χ3v) is 9.61. The highest BCUT2D eigenvalue weighted by Gasteiger charge is 2.29. The Morgan fingerprint density at radius 2 is 1.91 bits per heavy atom. The van der Waals surface area contributed by atoms with E-state index in [1.807, 2.05) is 48.5 Å². The van der Waals surface area contributed by atoms with Gasteiger partial charge in [0.25, 0.3) is 15.9 Å². The van der Waals surface area contributed by atoms with E-state index < -0.39 is 27.9 Å². The molecule has 1 aliphatic heterocycles. The van der Waals surface area contributed by atoms with Crippen LogP contribution in [0, 0.1) is 0 Å². The first-order valence-electron chi connectivity index (χ1n) is 14.8. The van der Waals surface area contributed by atoms with Crippen molar-refractivity contribution in [3.8, 4) is 16.9 Å². The van der Waals surface area contributed by atoms with E-state index in [0.29, 0.717) is 38.1 Å². The molecule has 246 valence electrons. The fraction of sp³-hybridized carbons (Fsp3) is 0.250. The summed E-state index contributed by atoms with van der Waals surface area (Å²) in [5.74, 6) is -1.81. The maximum Gasteiger partial charge on any atom is 0.326 e. The summed E-state index contributed by atoms with van der Waals surface area (Å²) in [5.41, 5.74) is 14.9. The van der Waals surface area contributed by atoms with Crippen molar-refractivity contribution in [2.24, 2.45) is 16.5 Å². The van der Waals surface area contributed by atoms with Crippen LogP contribution in [0.1, 0.15) is 39.3 Å². The number of pyridine rings is 1. The molecule has 0 saturated carbocycles. The van der Waals surface area contributed by atoms with E-state index >= 15 is 0 Å². The molecule has 47 heavy (non-hydrogen) atoms. The molecule has 0 aliphatic carbocycles. The number of aliphatic carboxylic acids is 1. The van der Waals surface area contributed by atoms with Gasteiger partial charge in [0.1, 0.15) is 21.6 Å². The predicted molar refractivity (Wildman–Crippen MR) is 180 cm³/mol. The van der Waals surface area contributed by atoms with E-state index in [1.165, 1.54) is 6.07 Å². The molecule has 2 aromatic heterocycles. The number of anilines is 1. The van der Waals surface area contributed by atoms with Gasteiger partial charge in [-0.15, -0.1) is 11.3 Å². The third kappa shape index (κ3) is 8.64. The van der Waals surface area contributed by atoms with Crippen molar-refractivity contribution in [2.75, 3.05) is 17.9 Å². The maximum absolute atomic E-state index is 13.9. The van der Waals surface area contributed by atoms with Crippen LogP contribution in [0.5, 0.6) is 5.75 Å². The lowest BCUT2D eigenvalue weighted by Crippen LogP contribution is -2.40. The smallest absolute Gasteiger partial charge is 0.326 e. The van der Waals surface area contributed by atoms with Crippen LogP contribution in [0.15, 0.2) is 82.1 Å². The molecule has 4 aromatic rings. The normalized spacial score (nSPS) is 12.9. The largest absolute Gasteiger partial charge is 0.492 e. The Bertz CT molecular complexity index is 1880. The summed E-state index contributed by atoms with van der Waals surface area (Å²) in [5, 5.41) is 17.0. The maximum atomic E-state index is 13.9. The van der Waals surface area contributed by atoms with Crippen LogP contribution in [0.2, 0.25) is 0 Å². The quantitative estimate of drug-likeness (QED) is 0.0615. The summed E-state index contributed by atoms with van der Waals surface area (Å²) in [7, 11) is -4.24. The number of amides is 1. The van der Waals surface area contributed by atoms with Crippen LogP contribution < -0.4 is 31.6 Å². The number of hydrogen-bond acceptors (Lipinski definition) is 9. The fourth-order valence-corrected chi connectivity index (χ4v) is 7.19. The van der Waals surface area contributed by atoms with Crippen molar-refractivity contribution in [3.05, 3.63) is 93.9 Å². The lowest BCUT2D eigenvalue weighted by Gasteiger charge is -2.16. The Kier molecular flexibility index (Phi) is 10.7. The van der Waals surface area contributed by atoms with Gasteiger partial charge in [-0.25, -0.2) is 13.2 Å². The van der Waals surface area contributed by atoms with E-state index in [4.69, 9.17) is 16.2 Å². The van der Waals surface area contributed by atoms with Gasteiger partial charge < -0.3 is 31.9 Å². The molecule has 1 aliphatic rings. The van der Waals surface area contributed by atoms with Crippen molar-refractivity contribution in [1.82, 2.24) is 15.6 Å². The second-order valence-electron chi connectivity index (χ2n) is 10.8. The van der Waals surface area contributed by atoms with Gasteiger partial charge in [0.2, 0.25) is 0 Å². The molecule has 1 unspecified atom stereocenters. The number of carboxylic acid groups (broad SMARTS) is 1. The van der Waals surface area contributed by atoms with Crippen molar-refractivity contribution < 1.29 is 27.9 Å². The molecule has 2 aromatic carbocycles. The van der Waals surface area contributed by atoms with E-state index in [0.717, 1.165) is 33.7 Å². The second kappa shape index (κ2) is 15.1. The highest BCUT2D eigenvalue weighted by atomic mass is 32.2. The van der Waals surface area contributed by atoms with E-state index in [2.05, 4.69) is 25.3 Å². The Labute approximate surface area is 276 Å². The highest BCUT2D eigenvalue weighted by Crippen LogP contribution is 2.39. The zero-order valence-corrected chi connectivity index (χ0v) is 26.9. The third-order valence-electron chi connectivity index (χ3n) is 7.33. The minimum Gasteiger partial charge on any atom is -0.492 e. The monoisotopic (exact) mass is 677 g/mol. The van der Waals surface area contributed by atoms with Crippen molar-refractivity contribution >= 4 is 44.9 Å². The number of sulfonamides is 1. The number of rotatable bonds is 15. The summed E-state index contributed by atoms with van der Waals surface area (Å²) in [6, 6.07) is 17.3. The number of nitrogens with two attached hydrogens (primary N) is 2. The van der Waals surface area contributed by atoms with Gasteiger partial charge in [-0.3, -0.25) is 19.5 Å². The number of hydrogen-bond donors (Lipinski definition) is 6. The van der Waals surface area contributed by atoms with Gasteiger partial charge in [0, 0.05) is 32.3 Å². The molecule has 0 spiro atoms. The zero-order valence-electron chi connectivity index (χ0n) is 25.3. The van der Waals surface area contributed by atoms with E-state index in [-0.39, 0.29) is 40.1 Å². The van der Waals surface area contributed by atoms with Gasteiger partial charge in [-0.2, -0.15) is 0 Å². The lowest BCUT2D eigenvalue weighted by atomic mass is 10.00. The Morgan fingerprint density at radius 3 is 2.68 bits per heavy atom. The topological polar surface area (TPSA) is 211 Å². The van der Waals surface area contributed by atoms with Crippen molar-refractivity contribution in [1.29, 1.82) is 0 Å². The summed E-state index contributed by atoms with van der Waals surface area (Å²) in [6.45, 7) is 1.73. The lowest BCUT2D eigenvalue weighted by molar-refractivity contribution is -0.139. The van der Waals surface area contributed by atoms with Gasteiger partial charge in [-0.1, -0.05) is 24.3 Å². The summed E-state index contributed by atoms with van der Waals surface area (Å²) in [4.78, 5) is 33.0. The molecule has 0 saturated heterocycles. The number of carboxylic acids is 1. The number of carbonyl (C=O) groups excluding carboxylic acids is 1. The van der Waals surface area contributed by atoms with Gasteiger partial charge in [0.15, 0.2) is 5.96 Å². The molecule has 13 nitrogen and oxygen atoms in total. The summed E-state index contributed by atoms with van der Waals surface area (Å²) in [6.07, 6.45) is 2.68. The first-order chi connectivity index (χ1) is 22.6. The number of benzene rings is 2. The van der Waals surface area contributed by atoms with Crippen molar-refractivity contribution in [2.45, 2.75) is 43.3 Å². The minimum absolute atomic E-state index is 0.0173. The van der Waals surface area contributed by atoms with Crippen LogP contribution in [-0.4, -0.2) is 55.5 Å². The highest BCUT2D eigenvalue weighted by molar-refractivity contribution is 7.92. The Morgan fingerprint density at radius 1 is 1.06 bits per heavy atom. The number of thiophene rings is 1. The average molecular weight is 678 g/mol. The standard InChI is InChI=1S/C32H35N7O6S2/c33-32(34)37-12-4-8-26(31(41)42)38-30(40)29-25(10-14-46-29)39-47(43,44)27-17-23(16-22-9-13-45-28(22)27)21-6-3-5-20(15-21)18-35-19-24-7-1-2-11-36-24/h1-3,5-7,10-11,14-17,26,35,39H,4,8-9,12-13,18-19H2,(H,38,40)(H,41,42)(H4,33,34,37). The Balaban J connectivity index is 1.33. The average Bonchev–Trinajstić information content (AvgIpc) is 3.72. The van der Waals surface area contributed by atoms with E-state index in [1.54, 1.807) is 17.6 Å². The first kappa shape index (κ1) is 33.4. The molecule has 1 amide bonds. The number of fused-ring (bicyclic) bond motifs is 1. The SMILES string of the molecule is NC(N)=NCCCC(NC(=O)c1sccc1NS(=O)(=O)c1cc(-c2cccc(CNCc3ccccn3)c2)cc2c1OCC2)C(=O)O. The fourth-order valence-electron chi connectivity index (χ4n) is 5.09. The van der Waals surface area contributed by atoms with Crippen LogP contribution in [-0.2, 0) is 34.3 Å². The van der Waals surface area contributed by atoms with Gasteiger partial charge in [0.05, 0.1) is 18.0 Å². The number of aromatic nitrogens is 1. The number of nitrogens with one attached hydrogen (secondary N) is 3. The molecule has 3 heterocycles. The van der Waals surface area contributed by atoms with Crippen molar-refractivity contribution in [3.63, 3.8) is 0 Å². The Hall–Kier alpha value is -4.99. The molecule has 5 rings (SSSR count). The van der Waals surface area contributed by atoms with E-state index in [9.17, 15) is 23.1 Å². The predicted octanol–water partition coefficient (Wildman–Crippen LogP) is 3.07. The number of carbonyl (C=O) groups is 2. The molecular formula is C32H35N7O6S2. The minimum atomic E-state index is -4.24. The molecule has 1 atom stereocenters. The number of aliphatic imine (C=N–C) groups is 1. The van der Waals surface area contributed by atoms with Gasteiger partial charge in [-0.05, 0) is 76.9 Å². The van der Waals surface area contributed by atoms with Crippen LogP contribution in [0.3, 0.4) is 0 Å². The second-order valence-corrected chi connectivity index (χ2v) is 13.3. The number of guanidine groups is 1. The number of ether oxygens (including phenoxy) is 1. The first-order valence-corrected chi connectivity index (χ1v) is 17.2. The molecule has 0 bridgehead atoms. The molecule has 15 heteroatoms. The zero-order chi connectivity index (χ0) is 33.4. The molecule has 8 N–H and O–H groups in total. The summed E-state index contributed by atoms with van der Waals surface area (Å²) < 4.78 is 36.0. The van der Waals surface area contributed by atoms with Crippen LogP contribution in [0.25, 0.3) is 11.1 Å².